The molecule has 0 fully saturated rings. The normalized spacial score (nSPS) is 13.1. The Labute approximate surface area is 190 Å². The highest BCUT2D eigenvalue weighted by atomic mass is 32.1. The number of benzene rings is 1. The Bertz CT molecular complexity index is 1170. The van der Waals surface area contributed by atoms with Gasteiger partial charge >= 0.3 is 0 Å². The lowest BCUT2D eigenvalue weighted by Gasteiger charge is -2.03. The Kier molecular flexibility index (Phi) is 6.70. The zero-order chi connectivity index (χ0) is 22.5. The number of aryl methyl sites for hydroxylation is 1. The molecule has 4 rings (SSSR count). The Morgan fingerprint density at radius 3 is 2.66 bits per heavy atom. The highest BCUT2D eigenvalue weighted by Gasteiger charge is 2.14. The third-order valence-electron chi connectivity index (χ3n) is 5.12. The van der Waals surface area contributed by atoms with Crippen LogP contribution in [0.5, 0.6) is 0 Å². The standard InChI is InChI=1S/C24H25N5O2S/c1-16-13-19(25-15-16)14-21(30)5-3-6-22(31)28-24-27-17(2)23(32-24)18-7-9-20(10-8-18)29-12-4-11-26-29/h4,7-13H,3,5-6,14-15H2,1-2H3,(H,27,28,31). The van der Waals surface area contributed by atoms with Crippen LogP contribution in [0.2, 0.25) is 0 Å². The maximum Gasteiger partial charge on any atom is 0.226 e. The predicted molar refractivity (Wildman–Crippen MR) is 128 cm³/mol. The number of amides is 1. The molecule has 0 radical (unpaired) electrons. The van der Waals surface area contributed by atoms with Gasteiger partial charge in [0.05, 0.1) is 22.8 Å². The van der Waals surface area contributed by atoms with Crippen LogP contribution < -0.4 is 5.32 Å². The number of thiazole rings is 1. The first-order valence-electron chi connectivity index (χ1n) is 10.6. The number of aromatic nitrogens is 3. The van der Waals surface area contributed by atoms with E-state index in [4.69, 9.17) is 0 Å². The number of allylic oxidation sites excluding steroid dienone is 1. The maximum absolute atomic E-state index is 12.3. The van der Waals surface area contributed by atoms with Crippen molar-refractivity contribution in [3.05, 3.63) is 60.1 Å². The molecule has 7 nitrogen and oxygen atoms in total. The Balaban J connectivity index is 1.28. The van der Waals surface area contributed by atoms with E-state index in [1.807, 2.05) is 56.5 Å². The van der Waals surface area contributed by atoms with Crippen molar-refractivity contribution in [2.75, 3.05) is 11.9 Å². The molecule has 8 heteroatoms. The molecule has 1 amide bonds. The quantitative estimate of drug-likeness (QED) is 0.511. The van der Waals surface area contributed by atoms with Crippen LogP contribution in [0.3, 0.4) is 0 Å². The smallest absolute Gasteiger partial charge is 0.226 e. The van der Waals surface area contributed by atoms with Crippen LogP contribution in [0.15, 0.2) is 59.4 Å². The maximum atomic E-state index is 12.3. The molecule has 1 N–H and O–H groups in total. The summed E-state index contributed by atoms with van der Waals surface area (Å²) in [5, 5.41) is 7.68. The third-order valence-corrected chi connectivity index (χ3v) is 6.25. The number of nitrogens with one attached hydrogen (secondary N) is 1. The molecule has 0 saturated heterocycles. The van der Waals surface area contributed by atoms with Crippen LogP contribution in [0.4, 0.5) is 5.13 Å². The van der Waals surface area contributed by atoms with Crippen molar-refractivity contribution in [1.82, 2.24) is 14.8 Å². The number of aliphatic imine (C=N–C) groups is 1. The van der Waals surface area contributed by atoms with E-state index in [1.165, 1.54) is 16.9 Å². The number of ketones is 1. The first-order chi connectivity index (χ1) is 15.5. The molecule has 0 atom stereocenters. The van der Waals surface area contributed by atoms with Gasteiger partial charge in [0, 0.05) is 37.4 Å². The number of Topliss-reactive ketones (excluding diaryl/α,β-unsaturated/α-hetero) is 1. The van der Waals surface area contributed by atoms with Gasteiger partial charge in [0.15, 0.2) is 5.13 Å². The largest absolute Gasteiger partial charge is 0.302 e. The highest BCUT2D eigenvalue weighted by Crippen LogP contribution is 2.33. The number of carbonyl (C=O) groups is 2. The summed E-state index contributed by atoms with van der Waals surface area (Å²) in [6, 6.07) is 9.95. The van der Waals surface area contributed by atoms with Gasteiger partial charge < -0.3 is 5.32 Å². The molecule has 1 aliphatic heterocycles. The molecule has 1 aliphatic rings. The summed E-state index contributed by atoms with van der Waals surface area (Å²) >= 11 is 1.45. The summed E-state index contributed by atoms with van der Waals surface area (Å²) in [7, 11) is 0. The van der Waals surface area contributed by atoms with Gasteiger partial charge in [-0.3, -0.25) is 14.6 Å². The molecule has 3 aromatic rings. The molecule has 0 unspecified atom stereocenters. The average molecular weight is 448 g/mol. The molecule has 164 valence electrons. The van der Waals surface area contributed by atoms with Crippen molar-refractivity contribution in [1.29, 1.82) is 0 Å². The Hall–Kier alpha value is -3.39. The lowest BCUT2D eigenvalue weighted by Crippen LogP contribution is -2.12. The second-order valence-corrected chi connectivity index (χ2v) is 8.85. The van der Waals surface area contributed by atoms with Crippen LogP contribution in [0, 0.1) is 6.92 Å². The van der Waals surface area contributed by atoms with E-state index in [2.05, 4.69) is 20.4 Å². The second kappa shape index (κ2) is 9.82. The lowest BCUT2D eigenvalue weighted by atomic mass is 10.1. The molecule has 3 heterocycles. The molecule has 0 spiro atoms. The van der Waals surface area contributed by atoms with E-state index in [-0.39, 0.29) is 11.7 Å². The first-order valence-corrected chi connectivity index (χ1v) is 11.4. The van der Waals surface area contributed by atoms with Gasteiger partial charge in [-0.15, -0.1) is 0 Å². The Morgan fingerprint density at radius 2 is 1.97 bits per heavy atom. The summed E-state index contributed by atoms with van der Waals surface area (Å²) in [4.78, 5) is 34.2. The van der Waals surface area contributed by atoms with E-state index < -0.39 is 0 Å². The fraction of sp³-hybridized carbons (Fsp3) is 0.292. The first kappa shape index (κ1) is 21.8. The molecular weight excluding hydrogens is 422 g/mol. The summed E-state index contributed by atoms with van der Waals surface area (Å²) in [6.07, 6.45) is 7.16. The van der Waals surface area contributed by atoms with Crippen LogP contribution >= 0.6 is 11.3 Å². The zero-order valence-corrected chi connectivity index (χ0v) is 19.0. The van der Waals surface area contributed by atoms with Crippen LogP contribution in [0.25, 0.3) is 16.1 Å². The van der Waals surface area contributed by atoms with Crippen LogP contribution in [-0.4, -0.2) is 38.7 Å². The van der Waals surface area contributed by atoms with E-state index in [1.54, 1.807) is 10.9 Å². The lowest BCUT2D eigenvalue weighted by molar-refractivity contribution is -0.118. The van der Waals surface area contributed by atoms with Crippen molar-refractivity contribution in [2.24, 2.45) is 4.99 Å². The molecule has 2 aromatic heterocycles. The van der Waals surface area contributed by atoms with E-state index in [9.17, 15) is 9.59 Å². The number of carbonyl (C=O) groups excluding carboxylic acids is 2. The van der Waals surface area contributed by atoms with E-state index in [0.717, 1.165) is 27.5 Å². The van der Waals surface area contributed by atoms with Crippen molar-refractivity contribution in [3.63, 3.8) is 0 Å². The van der Waals surface area contributed by atoms with Gasteiger partial charge in [-0.05, 0) is 50.1 Å². The van der Waals surface area contributed by atoms with Gasteiger partial charge in [-0.2, -0.15) is 5.10 Å². The molecule has 1 aromatic carbocycles. The number of hydrogen-bond acceptors (Lipinski definition) is 6. The number of rotatable bonds is 9. The molecule has 0 bridgehead atoms. The highest BCUT2D eigenvalue weighted by molar-refractivity contribution is 7.19. The minimum atomic E-state index is -0.124. The van der Waals surface area contributed by atoms with Gasteiger partial charge in [0.25, 0.3) is 0 Å². The monoisotopic (exact) mass is 447 g/mol. The topological polar surface area (TPSA) is 89.2 Å². The summed E-state index contributed by atoms with van der Waals surface area (Å²) in [5.41, 5.74) is 4.92. The number of nitrogens with zero attached hydrogens (tertiary/aromatic N) is 4. The average Bonchev–Trinajstić information content (AvgIpc) is 3.50. The Morgan fingerprint density at radius 1 is 1.16 bits per heavy atom. The SMILES string of the molecule is CC1=CC(CC(=O)CCCC(=O)Nc2nc(C)c(-c3ccc(-n4cccn4)cc3)s2)=NC1. The van der Waals surface area contributed by atoms with Gasteiger partial charge in [-0.25, -0.2) is 9.67 Å². The third kappa shape index (κ3) is 5.45. The van der Waals surface area contributed by atoms with Crippen molar-refractivity contribution >= 4 is 33.9 Å². The minimum absolute atomic E-state index is 0.119. The molecule has 32 heavy (non-hydrogen) atoms. The summed E-state index contributed by atoms with van der Waals surface area (Å²) < 4.78 is 1.80. The fourth-order valence-corrected chi connectivity index (χ4v) is 4.52. The van der Waals surface area contributed by atoms with Crippen LogP contribution in [-0.2, 0) is 9.59 Å². The van der Waals surface area contributed by atoms with Gasteiger partial charge in [-0.1, -0.05) is 29.0 Å². The number of anilines is 1. The summed E-state index contributed by atoms with van der Waals surface area (Å²) in [5.74, 6) is -0.00508. The fourth-order valence-electron chi connectivity index (χ4n) is 3.53. The van der Waals surface area contributed by atoms with Gasteiger partial charge in [0.2, 0.25) is 5.91 Å². The van der Waals surface area contributed by atoms with Crippen molar-refractivity contribution in [2.45, 2.75) is 39.5 Å². The number of hydrogen-bond donors (Lipinski definition) is 1. The minimum Gasteiger partial charge on any atom is -0.302 e. The molecular formula is C24H25N5O2S. The van der Waals surface area contributed by atoms with Gasteiger partial charge in [0.1, 0.15) is 5.78 Å². The predicted octanol–water partition coefficient (Wildman–Crippen LogP) is 4.77. The zero-order valence-electron chi connectivity index (χ0n) is 18.2. The molecule has 0 saturated carbocycles. The summed E-state index contributed by atoms with van der Waals surface area (Å²) in [6.45, 7) is 4.63. The van der Waals surface area contributed by atoms with E-state index >= 15 is 0 Å². The van der Waals surface area contributed by atoms with Crippen molar-refractivity contribution in [3.8, 4) is 16.1 Å². The van der Waals surface area contributed by atoms with Crippen LogP contribution in [0.1, 0.15) is 38.3 Å². The van der Waals surface area contributed by atoms with E-state index in [0.29, 0.717) is 37.4 Å². The second-order valence-electron chi connectivity index (χ2n) is 7.85. The van der Waals surface area contributed by atoms with Crippen molar-refractivity contribution < 1.29 is 9.59 Å². The molecule has 0 aliphatic carbocycles.